The molecular formula is C28H16K2N2O6. The molecule has 0 heterocycles. The molecule has 0 radical (unpaired) electrons. The fourth-order valence-electron chi connectivity index (χ4n) is 4.28. The van der Waals surface area contributed by atoms with Crippen molar-refractivity contribution in [2.24, 2.45) is 0 Å². The minimum absolute atomic E-state index is 0. The van der Waals surface area contributed by atoms with Crippen LogP contribution in [-0.2, 0) is 0 Å². The van der Waals surface area contributed by atoms with Crippen LogP contribution >= 0.6 is 0 Å². The van der Waals surface area contributed by atoms with Crippen molar-refractivity contribution in [2.45, 2.75) is 0 Å². The number of ketones is 2. The third-order valence-corrected chi connectivity index (χ3v) is 5.90. The minimum atomic E-state index is -1.39. The van der Waals surface area contributed by atoms with Gasteiger partial charge in [0, 0.05) is 33.6 Å². The Kier molecular flexibility index (Phi) is 10.4. The molecule has 0 fully saturated rings. The van der Waals surface area contributed by atoms with Crippen molar-refractivity contribution < 1.29 is 132 Å². The van der Waals surface area contributed by atoms with Crippen molar-refractivity contribution in [3.8, 4) is 0 Å². The Hall–Kier alpha value is -1.97. The molecule has 0 saturated heterocycles. The summed E-state index contributed by atoms with van der Waals surface area (Å²) in [6, 6.07) is 21.5. The molecule has 4 aromatic rings. The number of hydrogen-bond acceptors (Lipinski definition) is 8. The Morgan fingerprint density at radius 3 is 1.21 bits per heavy atom. The maximum Gasteiger partial charge on any atom is 1.00 e. The molecule has 0 bridgehead atoms. The van der Waals surface area contributed by atoms with E-state index in [2.05, 4.69) is 10.6 Å². The molecule has 1 aliphatic rings. The molecule has 0 aliphatic heterocycles. The second-order valence-corrected chi connectivity index (χ2v) is 8.03. The van der Waals surface area contributed by atoms with E-state index in [1.165, 1.54) is 36.4 Å². The monoisotopic (exact) mass is 554 g/mol. The normalized spacial score (nSPS) is 11.3. The van der Waals surface area contributed by atoms with Crippen molar-refractivity contribution in [2.75, 3.05) is 10.6 Å². The zero-order chi connectivity index (χ0) is 25.4. The number of benzene rings is 4. The van der Waals surface area contributed by atoms with E-state index >= 15 is 0 Å². The van der Waals surface area contributed by atoms with E-state index in [1.54, 1.807) is 48.5 Å². The van der Waals surface area contributed by atoms with Crippen LogP contribution in [0.2, 0.25) is 0 Å². The first-order valence-electron chi connectivity index (χ1n) is 10.9. The largest absolute Gasteiger partial charge is 1.00 e. The second-order valence-electron chi connectivity index (χ2n) is 8.03. The second kappa shape index (κ2) is 12.9. The maximum absolute atomic E-state index is 13.6. The predicted molar refractivity (Wildman–Crippen MR) is 128 cm³/mol. The molecule has 176 valence electrons. The average molecular weight is 555 g/mol. The van der Waals surface area contributed by atoms with Gasteiger partial charge in [0.1, 0.15) is 0 Å². The first-order chi connectivity index (χ1) is 17.4. The standard InChI is InChI=1S/C28H18N2O6.2K/c31-25-18-10-6-14-22(30-20-12-4-2-8-16(20)28(35)36)24(18)26(32)17-9-5-13-21(23(17)25)29-19-11-3-1-7-15(19)27(33)34;;/h1-14,29-30H,(H,33,34)(H,35,36);;/q;2*+1/p-2. The number of nitrogens with one attached hydrogen (secondary N) is 2. The number of rotatable bonds is 6. The van der Waals surface area contributed by atoms with Crippen LogP contribution in [-0.4, -0.2) is 23.5 Å². The van der Waals surface area contributed by atoms with Crippen LogP contribution in [0.15, 0.2) is 84.9 Å². The van der Waals surface area contributed by atoms with Crippen molar-refractivity contribution in [3.63, 3.8) is 0 Å². The average Bonchev–Trinajstić information content (AvgIpc) is 2.87. The first-order valence-corrected chi connectivity index (χ1v) is 10.9. The summed E-state index contributed by atoms with van der Waals surface area (Å²) in [7, 11) is 0. The number of aromatic carboxylic acids is 2. The van der Waals surface area contributed by atoms with E-state index in [0.717, 1.165) is 0 Å². The van der Waals surface area contributed by atoms with Crippen molar-refractivity contribution in [1.29, 1.82) is 0 Å². The Balaban J connectivity index is 0.00000200. The molecule has 5 rings (SSSR count). The van der Waals surface area contributed by atoms with Crippen LogP contribution in [0.1, 0.15) is 52.6 Å². The van der Waals surface area contributed by atoms with Crippen LogP contribution in [0.5, 0.6) is 0 Å². The molecule has 0 atom stereocenters. The predicted octanol–water partition coefficient (Wildman–Crippen LogP) is -3.32. The molecule has 2 N–H and O–H groups in total. The van der Waals surface area contributed by atoms with Gasteiger partial charge in [0.15, 0.2) is 11.6 Å². The third-order valence-electron chi connectivity index (χ3n) is 5.90. The number of carboxylic acid groups (broad SMARTS) is 2. The van der Waals surface area contributed by atoms with Crippen LogP contribution in [0.3, 0.4) is 0 Å². The summed E-state index contributed by atoms with van der Waals surface area (Å²) in [4.78, 5) is 50.2. The number of hydrogen-bond donors (Lipinski definition) is 2. The topological polar surface area (TPSA) is 138 Å². The fraction of sp³-hybridized carbons (Fsp3) is 0. The van der Waals surface area contributed by atoms with Gasteiger partial charge >= 0.3 is 103 Å². The van der Waals surface area contributed by atoms with E-state index < -0.39 is 23.5 Å². The van der Waals surface area contributed by atoms with Gasteiger partial charge in [-0.15, -0.1) is 0 Å². The number of carboxylic acids is 2. The van der Waals surface area contributed by atoms with E-state index in [1.807, 2.05) is 0 Å². The summed E-state index contributed by atoms with van der Waals surface area (Å²) in [6.45, 7) is 0. The SMILES string of the molecule is O=C([O-])c1ccccc1Nc1cccc2c1C(=O)c1cccc(Nc3ccccc3C(=O)[O-])c1C2=O.[K+].[K+]. The van der Waals surface area contributed by atoms with Crippen LogP contribution in [0.25, 0.3) is 0 Å². The van der Waals surface area contributed by atoms with Gasteiger partial charge in [-0.3, -0.25) is 9.59 Å². The maximum atomic E-state index is 13.6. The summed E-state index contributed by atoms with van der Waals surface area (Å²) in [5, 5.41) is 28.9. The van der Waals surface area contributed by atoms with Gasteiger partial charge in [0.2, 0.25) is 0 Å². The van der Waals surface area contributed by atoms with Crippen LogP contribution in [0, 0.1) is 0 Å². The van der Waals surface area contributed by atoms with Gasteiger partial charge in [0.05, 0.1) is 34.4 Å². The van der Waals surface area contributed by atoms with Gasteiger partial charge in [-0.25, -0.2) is 0 Å². The number of carbonyl (C=O) groups is 4. The molecule has 0 aromatic heterocycles. The van der Waals surface area contributed by atoms with E-state index in [9.17, 15) is 29.4 Å². The van der Waals surface area contributed by atoms with Gasteiger partial charge in [-0.05, 0) is 24.3 Å². The smallest absolute Gasteiger partial charge is 0.545 e. The Bertz CT molecular complexity index is 1480. The zero-order valence-corrected chi connectivity index (χ0v) is 26.8. The van der Waals surface area contributed by atoms with E-state index in [0.29, 0.717) is 0 Å². The molecule has 0 spiro atoms. The van der Waals surface area contributed by atoms with Crippen molar-refractivity contribution >= 4 is 46.3 Å². The van der Waals surface area contributed by atoms with E-state index in [4.69, 9.17) is 0 Å². The molecule has 4 aromatic carbocycles. The number of anilines is 4. The molecule has 8 nitrogen and oxygen atoms in total. The summed E-state index contributed by atoms with van der Waals surface area (Å²) >= 11 is 0. The van der Waals surface area contributed by atoms with Gasteiger partial charge in [0.25, 0.3) is 0 Å². The van der Waals surface area contributed by atoms with Crippen LogP contribution in [0.4, 0.5) is 22.7 Å². The van der Waals surface area contributed by atoms with Crippen molar-refractivity contribution in [3.05, 3.63) is 118 Å². The Morgan fingerprint density at radius 2 is 0.842 bits per heavy atom. The molecule has 38 heavy (non-hydrogen) atoms. The molecule has 10 heteroatoms. The molecule has 1 aliphatic carbocycles. The zero-order valence-electron chi connectivity index (χ0n) is 20.5. The Morgan fingerprint density at radius 1 is 0.500 bits per heavy atom. The molecule has 0 amide bonds. The van der Waals surface area contributed by atoms with Gasteiger partial charge < -0.3 is 30.4 Å². The molecule has 0 saturated carbocycles. The number of para-hydroxylation sites is 2. The summed E-state index contributed by atoms with van der Waals surface area (Å²) in [5.74, 6) is -3.65. The van der Waals surface area contributed by atoms with E-state index in [-0.39, 0.29) is 159 Å². The van der Waals surface area contributed by atoms with Crippen molar-refractivity contribution in [1.82, 2.24) is 0 Å². The molecular weight excluding hydrogens is 539 g/mol. The Labute approximate surface area is 302 Å². The van der Waals surface area contributed by atoms with Gasteiger partial charge in [-0.1, -0.05) is 60.7 Å². The number of fused-ring (bicyclic) bond motifs is 2. The minimum Gasteiger partial charge on any atom is -0.545 e. The fourth-order valence-corrected chi connectivity index (χ4v) is 4.28. The summed E-state index contributed by atoms with van der Waals surface area (Å²) in [6.07, 6.45) is 0. The van der Waals surface area contributed by atoms with Gasteiger partial charge in [-0.2, -0.15) is 0 Å². The third kappa shape index (κ3) is 5.80. The number of carbonyl (C=O) groups excluding carboxylic acids is 4. The summed E-state index contributed by atoms with van der Waals surface area (Å²) in [5.41, 5.74) is 1.25. The summed E-state index contributed by atoms with van der Waals surface area (Å²) < 4.78 is 0. The first kappa shape index (κ1) is 30.6. The van der Waals surface area contributed by atoms with Crippen LogP contribution < -0.4 is 124 Å². The molecule has 0 unspecified atom stereocenters. The quantitative estimate of drug-likeness (QED) is 0.208.